The number of ether oxygens (including phenoxy) is 3. The van der Waals surface area contributed by atoms with Gasteiger partial charge in [-0.2, -0.15) is 0 Å². The van der Waals surface area contributed by atoms with Crippen molar-refractivity contribution in [3.63, 3.8) is 0 Å². The standard InChI is InChI=1S/C12H16O5/c1-3-6-16-9-4-5-10(12(13)14)11(7-9)17-8-15-2/h4-5,7H,3,6,8H2,1-2H3,(H,13,14). The van der Waals surface area contributed by atoms with E-state index < -0.39 is 5.97 Å². The topological polar surface area (TPSA) is 65.0 Å². The van der Waals surface area contributed by atoms with Gasteiger partial charge in [-0.05, 0) is 18.6 Å². The maximum Gasteiger partial charge on any atom is 0.339 e. The lowest BCUT2D eigenvalue weighted by molar-refractivity contribution is 0.0482. The molecule has 5 heteroatoms. The summed E-state index contributed by atoms with van der Waals surface area (Å²) in [6.07, 6.45) is 0.884. The van der Waals surface area contributed by atoms with Crippen molar-refractivity contribution in [2.45, 2.75) is 13.3 Å². The minimum atomic E-state index is -1.04. The number of carbonyl (C=O) groups is 1. The maximum atomic E-state index is 10.9. The molecule has 0 aliphatic rings. The van der Waals surface area contributed by atoms with Gasteiger partial charge in [-0.3, -0.25) is 0 Å². The summed E-state index contributed by atoms with van der Waals surface area (Å²) in [5.74, 6) is -0.214. The Morgan fingerprint density at radius 1 is 1.35 bits per heavy atom. The molecule has 0 aliphatic carbocycles. The highest BCUT2D eigenvalue weighted by molar-refractivity contribution is 5.91. The monoisotopic (exact) mass is 240 g/mol. The van der Waals surface area contributed by atoms with Crippen LogP contribution in [0.25, 0.3) is 0 Å². The largest absolute Gasteiger partial charge is 0.493 e. The zero-order valence-corrected chi connectivity index (χ0v) is 9.93. The van der Waals surface area contributed by atoms with Gasteiger partial charge in [-0.25, -0.2) is 4.79 Å². The first-order chi connectivity index (χ1) is 8.19. The van der Waals surface area contributed by atoms with Crippen LogP contribution in [0.15, 0.2) is 18.2 Å². The second-order valence-electron chi connectivity index (χ2n) is 3.36. The Kier molecular flexibility index (Phi) is 5.29. The van der Waals surface area contributed by atoms with Crippen LogP contribution in [0, 0.1) is 0 Å². The number of methoxy groups -OCH3 is 1. The summed E-state index contributed by atoms with van der Waals surface area (Å²) in [6.45, 7) is 2.57. The van der Waals surface area contributed by atoms with E-state index in [4.69, 9.17) is 19.3 Å². The molecule has 0 aromatic heterocycles. The second kappa shape index (κ2) is 6.75. The van der Waals surface area contributed by atoms with E-state index >= 15 is 0 Å². The lowest BCUT2D eigenvalue weighted by atomic mass is 10.2. The van der Waals surface area contributed by atoms with Gasteiger partial charge in [-0.1, -0.05) is 6.92 Å². The van der Waals surface area contributed by atoms with Crippen molar-refractivity contribution in [2.24, 2.45) is 0 Å². The third-order valence-corrected chi connectivity index (χ3v) is 1.99. The molecule has 1 aromatic rings. The smallest absolute Gasteiger partial charge is 0.339 e. The number of hydrogen-bond acceptors (Lipinski definition) is 4. The third kappa shape index (κ3) is 3.96. The Bertz CT molecular complexity index is 375. The third-order valence-electron chi connectivity index (χ3n) is 1.99. The predicted molar refractivity (Wildman–Crippen MR) is 61.7 cm³/mol. The zero-order valence-electron chi connectivity index (χ0n) is 9.93. The van der Waals surface area contributed by atoms with Crippen molar-refractivity contribution in [1.29, 1.82) is 0 Å². The molecule has 0 spiro atoms. The van der Waals surface area contributed by atoms with Gasteiger partial charge >= 0.3 is 5.97 Å². The normalized spacial score (nSPS) is 10.0. The van der Waals surface area contributed by atoms with Crippen molar-refractivity contribution in [3.05, 3.63) is 23.8 Å². The summed E-state index contributed by atoms with van der Waals surface area (Å²) in [7, 11) is 1.47. The second-order valence-corrected chi connectivity index (χ2v) is 3.36. The van der Waals surface area contributed by atoms with Gasteiger partial charge < -0.3 is 19.3 Å². The molecule has 5 nitrogen and oxygen atoms in total. The Labute approximate surface area is 99.9 Å². The summed E-state index contributed by atoms with van der Waals surface area (Å²) in [6, 6.07) is 4.62. The maximum absolute atomic E-state index is 10.9. The van der Waals surface area contributed by atoms with Gasteiger partial charge in [0.1, 0.15) is 17.1 Å². The van der Waals surface area contributed by atoms with Crippen LogP contribution in [0.3, 0.4) is 0 Å². The fraction of sp³-hybridized carbons (Fsp3) is 0.417. The molecule has 0 saturated heterocycles. The van der Waals surface area contributed by atoms with Crippen molar-refractivity contribution >= 4 is 5.97 Å². The molecule has 0 heterocycles. The summed E-state index contributed by atoms with van der Waals surface area (Å²) < 4.78 is 15.3. The molecule has 94 valence electrons. The van der Waals surface area contributed by atoms with Crippen LogP contribution in [-0.4, -0.2) is 31.6 Å². The molecule has 0 saturated carbocycles. The van der Waals surface area contributed by atoms with E-state index in [0.717, 1.165) is 6.42 Å². The first-order valence-electron chi connectivity index (χ1n) is 5.31. The van der Waals surface area contributed by atoms with Gasteiger partial charge in [-0.15, -0.1) is 0 Å². The Morgan fingerprint density at radius 2 is 2.12 bits per heavy atom. The molecule has 0 unspecified atom stereocenters. The average molecular weight is 240 g/mol. The lowest BCUT2D eigenvalue weighted by Crippen LogP contribution is -2.06. The van der Waals surface area contributed by atoms with Gasteiger partial charge in [0.05, 0.1) is 6.61 Å². The van der Waals surface area contributed by atoms with Crippen molar-refractivity contribution in [2.75, 3.05) is 20.5 Å². The number of carboxylic acids is 1. The summed E-state index contributed by atoms with van der Waals surface area (Å²) in [5.41, 5.74) is 0.0888. The highest BCUT2D eigenvalue weighted by Gasteiger charge is 2.12. The fourth-order valence-corrected chi connectivity index (χ4v) is 1.23. The van der Waals surface area contributed by atoms with Crippen LogP contribution in [0.5, 0.6) is 11.5 Å². The van der Waals surface area contributed by atoms with Crippen molar-refractivity contribution in [3.8, 4) is 11.5 Å². The molecule has 0 aliphatic heterocycles. The van der Waals surface area contributed by atoms with E-state index in [2.05, 4.69) is 0 Å². The lowest BCUT2D eigenvalue weighted by Gasteiger charge is -2.10. The molecule has 0 amide bonds. The molecular weight excluding hydrogens is 224 g/mol. The summed E-state index contributed by atoms with van der Waals surface area (Å²) >= 11 is 0. The van der Waals surface area contributed by atoms with E-state index in [1.807, 2.05) is 6.92 Å². The molecule has 1 N–H and O–H groups in total. The van der Waals surface area contributed by atoms with Gasteiger partial charge in [0.15, 0.2) is 6.79 Å². The number of benzene rings is 1. The molecule has 0 atom stereocenters. The van der Waals surface area contributed by atoms with Crippen LogP contribution in [-0.2, 0) is 4.74 Å². The first kappa shape index (κ1) is 13.3. The molecule has 0 bridgehead atoms. The van der Waals surface area contributed by atoms with Crippen molar-refractivity contribution in [1.82, 2.24) is 0 Å². The van der Waals surface area contributed by atoms with Crippen LogP contribution in [0.1, 0.15) is 23.7 Å². The molecular formula is C12H16O5. The van der Waals surface area contributed by atoms with Gasteiger partial charge in [0, 0.05) is 13.2 Å². The highest BCUT2D eigenvalue weighted by atomic mass is 16.7. The van der Waals surface area contributed by atoms with Crippen LogP contribution in [0.2, 0.25) is 0 Å². The predicted octanol–water partition coefficient (Wildman–Crippen LogP) is 2.16. The summed E-state index contributed by atoms with van der Waals surface area (Å²) in [5, 5.41) is 8.97. The minimum Gasteiger partial charge on any atom is -0.493 e. The van der Waals surface area contributed by atoms with E-state index in [9.17, 15) is 4.79 Å². The number of carboxylic acid groups (broad SMARTS) is 1. The molecule has 1 aromatic carbocycles. The Balaban J connectivity index is 2.88. The van der Waals surface area contributed by atoms with E-state index in [1.54, 1.807) is 12.1 Å². The quantitative estimate of drug-likeness (QED) is 0.740. The average Bonchev–Trinajstić information content (AvgIpc) is 2.33. The summed E-state index contributed by atoms with van der Waals surface area (Å²) in [4.78, 5) is 10.9. The highest BCUT2D eigenvalue weighted by Crippen LogP contribution is 2.25. The molecule has 0 fully saturated rings. The first-order valence-corrected chi connectivity index (χ1v) is 5.31. The Hall–Kier alpha value is -1.75. The van der Waals surface area contributed by atoms with Crippen LogP contribution < -0.4 is 9.47 Å². The number of hydrogen-bond donors (Lipinski definition) is 1. The van der Waals surface area contributed by atoms with E-state index in [-0.39, 0.29) is 18.1 Å². The number of rotatable bonds is 7. The van der Waals surface area contributed by atoms with E-state index in [1.165, 1.54) is 13.2 Å². The van der Waals surface area contributed by atoms with Crippen LogP contribution in [0.4, 0.5) is 0 Å². The van der Waals surface area contributed by atoms with Gasteiger partial charge in [0.2, 0.25) is 0 Å². The van der Waals surface area contributed by atoms with Crippen molar-refractivity contribution < 1.29 is 24.1 Å². The molecule has 17 heavy (non-hydrogen) atoms. The SMILES string of the molecule is CCCOc1ccc(C(=O)O)c(OCOC)c1. The molecule has 1 rings (SSSR count). The number of aromatic carboxylic acids is 1. The minimum absolute atomic E-state index is 0.00247. The zero-order chi connectivity index (χ0) is 12.7. The Morgan fingerprint density at radius 3 is 2.71 bits per heavy atom. The van der Waals surface area contributed by atoms with E-state index in [0.29, 0.717) is 12.4 Å². The fourth-order valence-electron chi connectivity index (χ4n) is 1.23. The molecule has 0 radical (unpaired) electrons. The van der Waals surface area contributed by atoms with Crippen LogP contribution >= 0.6 is 0 Å². The van der Waals surface area contributed by atoms with Gasteiger partial charge in [0.25, 0.3) is 0 Å².